The highest BCUT2D eigenvalue weighted by Gasteiger charge is 2.25. The van der Waals surface area contributed by atoms with E-state index in [1.54, 1.807) is 0 Å². The molecule has 5 heteroatoms. The van der Waals surface area contributed by atoms with E-state index in [9.17, 15) is 4.79 Å². The van der Waals surface area contributed by atoms with Crippen molar-refractivity contribution >= 4 is 5.97 Å². The molecule has 0 spiro atoms. The van der Waals surface area contributed by atoms with Crippen molar-refractivity contribution in [3.05, 3.63) is 114 Å². The Morgan fingerprint density at radius 3 is 2.32 bits per heavy atom. The molecule has 0 bridgehead atoms. The second-order valence-electron chi connectivity index (χ2n) is 10.1. The van der Waals surface area contributed by atoms with Crippen LogP contribution in [0.4, 0.5) is 0 Å². The molecule has 0 radical (unpaired) electrons. The second-order valence-corrected chi connectivity index (χ2v) is 10.1. The predicted octanol–water partition coefficient (Wildman–Crippen LogP) is 7.14. The lowest BCUT2D eigenvalue weighted by molar-refractivity contribution is -0.135. The Bertz CT molecular complexity index is 1470. The smallest absolute Gasteiger partial charge is 0.322 e. The summed E-state index contributed by atoms with van der Waals surface area (Å²) in [4.78, 5) is 16.5. The highest BCUT2D eigenvalue weighted by atomic mass is 16.4. The van der Waals surface area contributed by atoms with Crippen molar-refractivity contribution in [3.63, 3.8) is 0 Å². The van der Waals surface area contributed by atoms with Crippen molar-refractivity contribution in [2.24, 2.45) is 5.92 Å². The van der Waals surface area contributed by atoms with Crippen molar-refractivity contribution in [1.29, 1.82) is 0 Å². The SMILES string of the molecule is CC(C)Cn1c(-c2ccccc2C2C=CC=C(NCC(=O)O)C2)nc(-c2ccccc2)c1-c1ccccc1. The Kier molecular flexibility index (Phi) is 7.55. The van der Waals surface area contributed by atoms with E-state index in [1.807, 2.05) is 24.3 Å². The lowest BCUT2D eigenvalue weighted by Gasteiger charge is -2.23. The molecule has 1 aliphatic rings. The number of nitrogens with one attached hydrogen (secondary N) is 1. The topological polar surface area (TPSA) is 67.2 Å². The van der Waals surface area contributed by atoms with Crippen LogP contribution < -0.4 is 5.32 Å². The van der Waals surface area contributed by atoms with Gasteiger partial charge in [0, 0.05) is 34.9 Å². The van der Waals surface area contributed by atoms with Crippen molar-refractivity contribution < 1.29 is 9.90 Å². The molecule has 1 atom stereocenters. The number of nitrogens with zero attached hydrogens (tertiary/aromatic N) is 2. The van der Waals surface area contributed by atoms with Gasteiger partial charge in [-0.05, 0) is 24.0 Å². The van der Waals surface area contributed by atoms with Crippen LogP contribution in [0.25, 0.3) is 33.9 Å². The van der Waals surface area contributed by atoms with E-state index in [0.717, 1.165) is 46.1 Å². The zero-order valence-electron chi connectivity index (χ0n) is 21.8. The molecule has 3 aromatic carbocycles. The Morgan fingerprint density at radius 2 is 1.63 bits per heavy atom. The summed E-state index contributed by atoms with van der Waals surface area (Å²) < 4.78 is 2.38. The van der Waals surface area contributed by atoms with Gasteiger partial charge < -0.3 is 15.0 Å². The van der Waals surface area contributed by atoms with Crippen LogP contribution in [0, 0.1) is 5.92 Å². The lowest BCUT2D eigenvalue weighted by atomic mass is 9.87. The van der Waals surface area contributed by atoms with E-state index in [2.05, 4.69) is 103 Å². The molecule has 4 aromatic rings. The van der Waals surface area contributed by atoms with Crippen LogP contribution in [0.5, 0.6) is 0 Å². The van der Waals surface area contributed by atoms with E-state index in [4.69, 9.17) is 10.1 Å². The maximum atomic E-state index is 11.1. The average Bonchev–Trinajstić information content (AvgIpc) is 3.31. The van der Waals surface area contributed by atoms with Gasteiger partial charge in [0.1, 0.15) is 12.4 Å². The fourth-order valence-corrected chi connectivity index (χ4v) is 5.12. The molecule has 0 saturated heterocycles. The van der Waals surface area contributed by atoms with E-state index >= 15 is 0 Å². The normalized spacial score (nSPS) is 14.9. The molecule has 5 nitrogen and oxygen atoms in total. The maximum Gasteiger partial charge on any atom is 0.322 e. The minimum absolute atomic E-state index is 0.0896. The van der Waals surface area contributed by atoms with Gasteiger partial charge in [-0.1, -0.05) is 111 Å². The quantitative estimate of drug-likeness (QED) is 0.255. The van der Waals surface area contributed by atoms with Crippen LogP contribution >= 0.6 is 0 Å². The number of hydrogen-bond donors (Lipinski definition) is 2. The number of carbonyl (C=O) groups is 1. The van der Waals surface area contributed by atoms with Gasteiger partial charge in [0.15, 0.2) is 0 Å². The molecule has 1 heterocycles. The standard InChI is InChI=1S/C33H33N3O2/c1-23(2)22-36-32(25-14-7-4-8-15-25)31(24-12-5-3-6-13-24)35-33(36)29-19-10-9-18-28(29)26-16-11-17-27(20-26)34-21-30(37)38/h3-19,23,26,34H,20-22H2,1-2H3,(H,37,38). The summed E-state index contributed by atoms with van der Waals surface area (Å²) in [6.45, 7) is 5.22. The first-order chi connectivity index (χ1) is 18.5. The van der Waals surface area contributed by atoms with Crippen LogP contribution in [0.2, 0.25) is 0 Å². The summed E-state index contributed by atoms with van der Waals surface area (Å²) in [5, 5.41) is 12.2. The number of carboxylic acids is 1. The van der Waals surface area contributed by atoms with Crippen LogP contribution in [-0.2, 0) is 11.3 Å². The highest BCUT2D eigenvalue weighted by molar-refractivity contribution is 5.83. The maximum absolute atomic E-state index is 11.1. The molecule has 2 N–H and O–H groups in total. The number of rotatable bonds is 9. The van der Waals surface area contributed by atoms with Gasteiger partial charge in [0.2, 0.25) is 0 Å². The average molecular weight is 504 g/mol. The molecular formula is C33H33N3O2. The minimum atomic E-state index is -0.866. The van der Waals surface area contributed by atoms with Crippen LogP contribution in [0.15, 0.2) is 109 Å². The first-order valence-corrected chi connectivity index (χ1v) is 13.1. The van der Waals surface area contributed by atoms with E-state index in [0.29, 0.717) is 12.3 Å². The highest BCUT2D eigenvalue weighted by Crippen LogP contribution is 2.40. The van der Waals surface area contributed by atoms with Crippen molar-refractivity contribution in [2.75, 3.05) is 6.54 Å². The number of imidazole rings is 1. The largest absolute Gasteiger partial charge is 0.480 e. The third-order valence-corrected chi connectivity index (χ3v) is 6.76. The fourth-order valence-electron chi connectivity index (χ4n) is 5.12. The summed E-state index contributed by atoms with van der Waals surface area (Å²) in [6.07, 6.45) is 6.88. The Balaban J connectivity index is 1.66. The third-order valence-electron chi connectivity index (χ3n) is 6.76. The van der Waals surface area contributed by atoms with E-state index in [1.165, 1.54) is 5.56 Å². The number of allylic oxidation sites excluding steroid dienone is 4. The molecule has 5 rings (SSSR count). The molecule has 1 unspecified atom stereocenters. The molecule has 1 aliphatic carbocycles. The van der Waals surface area contributed by atoms with Gasteiger partial charge in [-0.15, -0.1) is 0 Å². The summed E-state index contributed by atoms with van der Waals surface area (Å²) in [6, 6.07) is 29.4. The molecule has 38 heavy (non-hydrogen) atoms. The van der Waals surface area contributed by atoms with Gasteiger partial charge in [0.25, 0.3) is 0 Å². The van der Waals surface area contributed by atoms with Crippen molar-refractivity contribution in [1.82, 2.24) is 14.9 Å². The Morgan fingerprint density at radius 1 is 0.974 bits per heavy atom. The first kappa shape index (κ1) is 25.3. The van der Waals surface area contributed by atoms with E-state index in [-0.39, 0.29) is 12.5 Å². The lowest BCUT2D eigenvalue weighted by Crippen LogP contribution is -2.23. The Labute approximate surface area is 224 Å². The minimum Gasteiger partial charge on any atom is -0.480 e. The number of hydrogen-bond acceptors (Lipinski definition) is 3. The number of carboxylic acid groups (broad SMARTS) is 1. The third kappa shape index (κ3) is 5.47. The van der Waals surface area contributed by atoms with Crippen LogP contribution in [0.1, 0.15) is 31.7 Å². The Hall–Kier alpha value is -4.38. The number of aromatic nitrogens is 2. The molecular weight excluding hydrogens is 470 g/mol. The second kappa shape index (κ2) is 11.3. The summed E-state index contributed by atoms with van der Waals surface area (Å²) in [5.41, 5.74) is 7.54. The first-order valence-electron chi connectivity index (χ1n) is 13.1. The molecule has 0 amide bonds. The summed E-state index contributed by atoms with van der Waals surface area (Å²) in [5.74, 6) is 0.618. The van der Waals surface area contributed by atoms with Gasteiger partial charge in [-0.3, -0.25) is 4.79 Å². The van der Waals surface area contributed by atoms with Gasteiger partial charge in [-0.25, -0.2) is 4.98 Å². The molecule has 0 aliphatic heterocycles. The van der Waals surface area contributed by atoms with Gasteiger partial charge >= 0.3 is 5.97 Å². The fraction of sp³-hybridized carbons (Fsp3) is 0.212. The number of benzene rings is 3. The van der Waals surface area contributed by atoms with Crippen LogP contribution in [0.3, 0.4) is 0 Å². The number of aliphatic carboxylic acids is 1. The van der Waals surface area contributed by atoms with Crippen molar-refractivity contribution in [2.45, 2.75) is 32.7 Å². The van der Waals surface area contributed by atoms with Crippen LogP contribution in [-0.4, -0.2) is 27.2 Å². The summed E-state index contributed by atoms with van der Waals surface area (Å²) >= 11 is 0. The zero-order valence-corrected chi connectivity index (χ0v) is 21.8. The van der Waals surface area contributed by atoms with Gasteiger partial charge in [0.05, 0.1) is 11.4 Å². The van der Waals surface area contributed by atoms with Crippen molar-refractivity contribution in [3.8, 4) is 33.9 Å². The molecule has 192 valence electrons. The molecule has 0 saturated carbocycles. The van der Waals surface area contributed by atoms with Gasteiger partial charge in [-0.2, -0.15) is 0 Å². The molecule has 1 aromatic heterocycles. The predicted molar refractivity (Wildman–Crippen MR) is 154 cm³/mol. The van der Waals surface area contributed by atoms with E-state index < -0.39 is 5.97 Å². The monoisotopic (exact) mass is 503 g/mol. The summed E-state index contributed by atoms with van der Waals surface area (Å²) in [7, 11) is 0. The zero-order chi connectivity index (χ0) is 26.5. The molecule has 0 fully saturated rings.